The van der Waals surface area contributed by atoms with E-state index in [1.165, 1.54) is 0 Å². The predicted molar refractivity (Wildman–Crippen MR) is 44.4 cm³/mol. The van der Waals surface area contributed by atoms with E-state index in [0.29, 0.717) is 5.69 Å². The van der Waals surface area contributed by atoms with Gasteiger partial charge in [-0.3, -0.25) is 0 Å². The van der Waals surface area contributed by atoms with E-state index in [2.05, 4.69) is 17.2 Å². The van der Waals surface area contributed by atoms with Crippen molar-refractivity contribution in [2.24, 2.45) is 0 Å². The third kappa shape index (κ3) is 1.45. The summed E-state index contributed by atoms with van der Waals surface area (Å²) in [6.07, 6.45) is 1.89. The standard InChI is InChI=1S/C8H12N4/c1-3-5-8-7(6-9)10-11-12(8)4-2/h3-5H2,1-2H3. The molecule has 1 aromatic rings. The Labute approximate surface area is 71.8 Å². The van der Waals surface area contributed by atoms with E-state index in [1.54, 1.807) is 4.68 Å². The minimum absolute atomic E-state index is 0.471. The fraction of sp³-hybridized carbons (Fsp3) is 0.625. The molecule has 0 saturated carbocycles. The molecule has 0 unspecified atom stereocenters. The molecule has 0 aromatic carbocycles. The van der Waals surface area contributed by atoms with Crippen molar-refractivity contribution in [3.63, 3.8) is 0 Å². The molecule has 0 atom stereocenters. The first-order valence-corrected chi connectivity index (χ1v) is 4.15. The van der Waals surface area contributed by atoms with E-state index in [0.717, 1.165) is 25.1 Å². The summed E-state index contributed by atoms with van der Waals surface area (Å²) in [5.41, 5.74) is 1.43. The van der Waals surface area contributed by atoms with Crippen LogP contribution in [0.3, 0.4) is 0 Å². The Balaban J connectivity index is 3.01. The van der Waals surface area contributed by atoms with Gasteiger partial charge in [0.25, 0.3) is 0 Å². The maximum Gasteiger partial charge on any atom is 0.185 e. The monoisotopic (exact) mass is 164 g/mol. The zero-order valence-corrected chi connectivity index (χ0v) is 7.41. The first kappa shape index (κ1) is 8.72. The van der Waals surface area contributed by atoms with Crippen molar-refractivity contribution in [2.45, 2.75) is 33.2 Å². The highest BCUT2D eigenvalue weighted by Gasteiger charge is 2.09. The number of hydrogen-bond acceptors (Lipinski definition) is 3. The molecular weight excluding hydrogens is 152 g/mol. The summed E-state index contributed by atoms with van der Waals surface area (Å²) < 4.78 is 1.78. The molecule has 4 heteroatoms. The number of rotatable bonds is 3. The molecule has 4 nitrogen and oxygen atoms in total. The number of aryl methyl sites for hydroxylation is 1. The van der Waals surface area contributed by atoms with Crippen molar-refractivity contribution in [1.82, 2.24) is 15.0 Å². The Morgan fingerprint density at radius 3 is 2.75 bits per heavy atom. The summed E-state index contributed by atoms with van der Waals surface area (Å²) in [4.78, 5) is 0. The van der Waals surface area contributed by atoms with Crippen LogP contribution in [0, 0.1) is 11.3 Å². The molecule has 0 radical (unpaired) electrons. The van der Waals surface area contributed by atoms with Gasteiger partial charge < -0.3 is 0 Å². The molecule has 0 aliphatic heterocycles. The summed E-state index contributed by atoms with van der Waals surface area (Å²) in [6, 6.07) is 2.04. The fourth-order valence-corrected chi connectivity index (χ4v) is 1.16. The Bertz CT molecular complexity index is 294. The number of nitriles is 1. The van der Waals surface area contributed by atoms with Gasteiger partial charge in [-0.25, -0.2) is 4.68 Å². The van der Waals surface area contributed by atoms with Crippen molar-refractivity contribution < 1.29 is 0 Å². The molecule has 0 amide bonds. The Kier molecular flexibility index (Phi) is 2.81. The molecule has 0 saturated heterocycles. The number of nitrogens with zero attached hydrogens (tertiary/aromatic N) is 4. The SMILES string of the molecule is CCCc1c(C#N)nnn1CC. The van der Waals surface area contributed by atoms with Crippen LogP contribution in [-0.4, -0.2) is 15.0 Å². The van der Waals surface area contributed by atoms with Gasteiger partial charge in [-0.15, -0.1) is 5.10 Å². The molecule has 64 valence electrons. The van der Waals surface area contributed by atoms with Crippen LogP contribution in [0.25, 0.3) is 0 Å². The van der Waals surface area contributed by atoms with E-state index in [9.17, 15) is 0 Å². The van der Waals surface area contributed by atoms with Crippen LogP contribution in [0.4, 0.5) is 0 Å². The quantitative estimate of drug-likeness (QED) is 0.672. The summed E-state index contributed by atoms with van der Waals surface area (Å²) in [5, 5.41) is 16.3. The lowest BCUT2D eigenvalue weighted by molar-refractivity contribution is 0.593. The van der Waals surface area contributed by atoms with Crippen molar-refractivity contribution in [3.05, 3.63) is 11.4 Å². The highest BCUT2D eigenvalue weighted by Crippen LogP contribution is 2.06. The fourth-order valence-electron chi connectivity index (χ4n) is 1.16. The molecule has 0 bridgehead atoms. The lowest BCUT2D eigenvalue weighted by Gasteiger charge is -1.99. The van der Waals surface area contributed by atoms with Gasteiger partial charge in [-0.1, -0.05) is 18.6 Å². The summed E-state index contributed by atoms with van der Waals surface area (Å²) >= 11 is 0. The van der Waals surface area contributed by atoms with Gasteiger partial charge in [0.15, 0.2) is 5.69 Å². The van der Waals surface area contributed by atoms with Gasteiger partial charge >= 0.3 is 0 Å². The third-order valence-corrected chi connectivity index (χ3v) is 1.73. The average molecular weight is 164 g/mol. The lowest BCUT2D eigenvalue weighted by atomic mass is 10.2. The van der Waals surface area contributed by atoms with Crippen LogP contribution in [-0.2, 0) is 13.0 Å². The highest BCUT2D eigenvalue weighted by molar-refractivity contribution is 5.24. The molecule has 0 aliphatic rings. The molecular formula is C8H12N4. The molecule has 1 heterocycles. The summed E-state index contributed by atoms with van der Waals surface area (Å²) in [6.45, 7) is 4.85. The summed E-state index contributed by atoms with van der Waals surface area (Å²) in [7, 11) is 0. The van der Waals surface area contributed by atoms with Crippen LogP contribution < -0.4 is 0 Å². The normalized spacial score (nSPS) is 9.75. The molecule has 12 heavy (non-hydrogen) atoms. The van der Waals surface area contributed by atoms with Gasteiger partial charge in [-0.2, -0.15) is 5.26 Å². The molecule has 1 rings (SSSR count). The second-order valence-corrected chi connectivity index (χ2v) is 2.56. The molecule has 1 aromatic heterocycles. The average Bonchev–Trinajstić information content (AvgIpc) is 2.48. The zero-order valence-electron chi connectivity index (χ0n) is 7.41. The van der Waals surface area contributed by atoms with Crippen molar-refractivity contribution in [1.29, 1.82) is 5.26 Å². The largest absolute Gasteiger partial charge is 0.248 e. The first-order chi connectivity index (χ1) is 5.83. The van der Waals surface area contributed by atoms with E-state index in [4.69, 9.17) is 5.26 Å². The topological polar surface area (TPSA) is 54.5 Å². The molecule has 0 fully saturated rings. The first-order valence-electron chi connectivity index (χ1n) is 4.15. The second kappa shape index (κ2) is 3.86. The maximum atomic E-state index is 8.69. The van der Waals surface area contributed by atoms with Crippen LogP contribution in [0.5, 0.6) is 0 Å². The van der Waals surface area contributed by atoms with Crippen LogP contribution in [0.15, 0.2) is 0 Å². The predicted octanol–water partition coefficient (Wildman–Crippen LogP) is 1.12. The molecule has 0 aliphatic carbocycles. The Morgan fingerprint density at radius 2 is 2.25 bits per heavy atom. The van der Waals surface area contributed by atoms with E-state index < -0.39 is 0 Å². The number of aromatic nitrogens is 3. The molecule has 0 spiro atoms. The zero-order chi connectivity index (χ0) is 8.97. The van der Waals surface area contributed by atoms with Crippen molar-refractivity contribution in [3.8, 4) is 6.07 Å². The van der Waals surface area contributed by atoms with Gasteiger partial charge in [0, 0.05) is 6.54 Å². The van der Waals surface area contributed by atoms with E-state index in [1.807, 2.05) is 13.0 Å². The van der Waals surface area contributed by atoms with Gasteiger partial charge in [0.05, 0.1) is 5.69 Å². The van der Waals surface area contributed by atoms with Crippen LogP contribution in [0.1, 0.15) is 31.7 Å². The minimum atomic E-state index is 0.471. The smallest absolute Gasteiger partial charge is 0.185 e. The molecule has 0 N–H and O–H groups in total. The Hall–Kier alpha value is -1.37. The Morgan fingerprint density at radius 1 is 1.50 bits per heavy atom. The minimum Gasteiger partial charge on any atom is -0.248 e. The highest BCUT2D eigenvalue weighted by atomic mass is 15.4. The lowest BCUT2D eigenvalue weighted by Crippen LogP contribution is -2.03. The van der Waals surface area contributed by atoms with Gasteiger partial charge in [0.1, 0.15) is 6.07 Å². The van der Waals surface area contributed by atoms with E-state index in [-0.39, 0.29) is 0 Å². The van der Waals surface area contributed by atoms with Crippen molar-refractivity contribution in [2.75, 3.05) is 0 Å². The number of hydrogen-bond donors (Lipinski definition) is 0. The maximum absolute atomic E-state index is 8.69. The summed E-state index contributed by atoms with van der Waals surface area (Å²) in [5.74, 6) is 0. The second-order valence-electron chi connectivity index (χ2n) is 2.56. The van der Waals surface area contributed by atoms with Gasteiger partial charge in [-0.05, 0) is 13.3 Å². The van der Waals surface area contributed by atoms with Crippen LogP contribution in [0.2, 0.25) is 0 Å². The third-order valence-electron chi connectivity index (χ3n) is 1.73. The van der Waals surface area contributed by atoms with E-state index >= 15 is 0 Å². The van der Waals surface area contributed by atoms with Crippen molar-refractivity contribution >= 4 is 0 Å². The van der Waals surface area contributed by atoms with Crippen LogP contribution >= 0.6 is 0 Å². The van der Waals surface area contributed by atoms with Gasteiger partial charge in [0.2, 0.25) is 0 Å².